The topological polar surface area (TPSA) is 87.7 Å². The quantitative estimate of drug-likeness (QED) is 0.584. The molecule has 0 aliphatic carbocycles. The molecule has 29 heavy (non-hydrogen) atoms. The van der Waals surface area contributed by atoms with Gasteiger partial charge in [0, 0.05) is 28.6 Å². The van der Waals surface area contributed by atoms with Crippen LogP contribution < -0.4 is 10.6 Å². The number of nitrogens with one attached hydrogen (secondary N) is 2. The van der Waals surface area contributed by atoms with Crippen molar-refractivity contribution in [3.05, 3.63) is 35.2 Å². The summed E-state index contributed by atoms with van der Waals surface area (Å²) in [4.78, 5) is 26.3. The molecule has 0 radical (unpaired) electrons. The first-order valence-corrected chi connectivity index (χ1v) is 11.0. The van der Waals surface area contributed by atoms with Crippen molar-refractivity contribution in [1.29, 1.82) is 0 Å². The summed E-state index contributed by atoms with van der Waals surface area (Å²) in [6.07, 6.45) is 1.44. The monoisotopic (exact) mass is 418 g/mol. The predicted octanol–water partition coefficient (Wildman–Crippen LogP) is 2.49. The van der Waals surface area contributed by atoms with Crippen LogP contribution in [0.3, 0.4) is 0 Å². The molecule has 2 amide bonds. The van der Waals surface area contributed by atoms with E-state index in [9.17, 15) is 14.7 Å². The molecular weight excluding hydrogens is 388 g/mol. The zero-order valence-corrected chi connectivity index (χ0v) is 17.8. The van der Waals surface area contributed by atoms with Crippen molar-refractivity contribution in [3.63, 3.8) is 0 Å². The van der Waals surface area contributed by atoms with Gasteiger partial charge in [0.05, 0.1) is 19.1 Å². The van der Waals surface area contributed by atoms with Crippen LogP contribution in [0.25, 0.3) is 10.1 Å². The van der Waals surface area contributed by atoms with E-state index in [4.69, 9.17) is 4.74 Å². The van der Waals surface area contributed by atoms with Crippen LogP contribution in [0.4, 0.5) is 0 Å². The number of rotatable bonds is 9. The molecule has 3 rings (SSSR count). The molecule has 1 aromatic heterocycles. The number of fused-ring (bicyclic) bond motifs is 1. The SMILES string of the molecule is CC(C)C[C@H](NC(=O)Cc1cc2ccccc2s1)C(=O)NC[C@H]1CCO[C@@H]1CO. The zero-order valence-electron chi connectivity index (χ0n) is 17.0. The van der Waals surface area contributed by atoms with Gasteiger partial charge in [0.2, 0.25) is 11.8 Å². The highest BCUT2D eigenvalue weighted by atomic mass is 32.1. The molecule has 0 saturated carbocycles. The Hall–Kier alpha value is -1.96. The van der Waals surface area contributed by atoms with Crippen molar-refractivity contribution < 1.29 is 19.4 Å². The minimum absolute atomic E-state index is 0.0398. The summed E-state index contributed by atoms with van der Waals surface area (Å²) in [6, 6.07) is 9.52. The van der Waals surface area contributed by atoms with Gasteiger partial charge in [0.1, 0.15) is 6.04 Å². The molecule has 6 nitrogen and oxygen atoms in total. The number of thiophene rings is 1. The van der Waals surface area contributed by atoms with Crippen molar-refractivity contribution in [3.8, 4) is 0 Å². The van der Waals surface area contributed by atoms with Gasteiger partial charge in [0.25, 0.3) is 0 Å². The maximum absolute atomic E-state index is 12.7. The van der Waals surface area contributed by atoms with Crippen molar-refractivity contribution in [2.24, 2.45) is 11.8 Å². The molecule has 1 aliphatic rings. The Morgan fingerprint density at radius 1 is 1.31 bits per heavy atom. The molecule has 0 unspecified atom stereocenters. The lowest BCUT2D eigenvalue weighted by Gasteiger charge is -2.22. The first-order chi connectivity index (χ1) is 14.0. The molecule has 158 valence electrons. The number of aliphatic hydroxyl groups is 1. The Balaban J connectivity index is 1.56. The second-order valence-corrected chi connectivity index (χ2v) is 9.23. The first kappa shape index (κ1) is 21.7. The number of ether oxygens (including phenoxy) is 1. The molecule has 0 spiro atoms. The van der Waals surface area contributed by atoms with E-state index < -0.39 is 6.04 Å². The number of hydrogen-bond donors (Lipinski definition) is 3. The maximum atomic E-state index is 12.7. The van der Waals surface area contributed by atoms with Crippen LogP contribution in [0.2, 0.25) is 0 Å². The molecule has 2 aromatic rings. The van der Waals surface area contributed by atoms with E-state index >= 15 is 0 Å². The molecule has 1 fully saturated rings. The van der Waals surface area contributed by atoms with E-state index in [0.717, 1.165) is 21.4 Å². The molecule has 1 aliphatic heterocycles. The predicted molar refractivity (Wildman–Crippen MR) is 115 cm³/mol. The van der Waals surface area contributed by atoms with Gasteiger partial charge in [-0.05, 0) is 36.3 Å². The lowest BCUT2D eigenvalue weighted by Crippen LogP contribution is -2.49. The third kappa shape index (κ3) is 6.01. The van der Waals surface area contributed by atoms with Crippen molar-refractivity contribution in [2.75, 3.05) is 19.8 Å². The molecule has 1 saturated heterocycles. The van der Waals surface area contributed by atoms with Crippen LogP contribution in [0.5, 0.6) is 0 Å². The van der Waals surface area contributed by atoms with Gasteiger partial charge in [-0.1, -0.05) is 32.0 Å². The van der Waals surface area contributed by atoms with E-state index in [-0.39, 0.29) is 42.8 Å². The molecular formula is C22H30N2O4S. The van der Waals surface area contributed by atoms with Crippen LogP contribution >= 0.6 is 11.3 Å². The average Bonchev–Trinajstić information content (AvgIpc) is 3.30. The van der Waals surface area contributed by atoms with Crippen LogP contribution in [0.1, 0.15) is 31.6 Å². The molecule has 3 N–H and O–H groups in total. The number of hydrogen-bond acceptors (Lipinski definition) is 5. The third-order valence-electron chi connectivity index (χ3n) is 5.23. The van der Waals surface area contributed by atoms with E-state index in [1.165, 1.54) is 0 Å². The van der Waals surface area contributed by atoms with Crippen molar-refractivity contribution >= 4 is 33.2 Å². The fraction of sp³-hybridized carbons (Fsp3) is 0.545. The van der Waals surface area contributed by atoms with Crippen molar-refractivity contribution in [1.82, 2.24) is 10.6 Å². The third-order valence-corrected chi connectivity index (χ3v) is 6.35. The molecule has 0 bridgehead atoms. The van der Waals surface area contributed by atoms with Gasteiger partial charge in [-0.25, -0.2) is 0 Å². The smallest absolute Gasteiger partial charge is 0.242 e. The Morgan fingerprint density at radius 3 is 2.83 bits per heavy atom. The number of aliphatic hydroxyl groups excluding tert-OH is 1. The van der Waals surface area contributed by atoms with Gasteiger partial charge in [-0.3, -0.25) is 9.59 Å². The lowest BCUT2D eigenvalue weighted by molar-refractivity contribution is -0.129. The summed E-state index contributed by atoms with van der Waals surface area (Å²) in [5.74, 6) is 0.0649. The highest BCUT2D eigenvalue weighted by molar-refractivity contribution is 7.19. The van der Waals surface area contributed by atoms with E-state index in [0.29, 0.717) is 19.6 Å². The largest absolute Gasteiger partial charge is 0.394 e. The summed E-state index contributed by atoms with van der Waals surface area (Å²) >= 11 is 1.61. The van der Waals surface area contributed by atoms with E-state index in [2.05, 4.69) is 10.6 Å². The van der Waals surface area contributed by atoms with Gasteiger partial charge >= 0.3 is 0 Å². The fourth-order valence-electron chi connectivity index (χ4n) is 3.71. The fourth-order valence-corrected chi connectivity index (χ4v) is 4.78. The number of benzene rings is 1. The van der Waals surface area contributed by atoms with Crippen LogP contribution in [-0.2, 0) is 20.7 Å². The summed E-state index contributed by atoms with van der Waals surface area (Å²) in [6.45, 7) is 5.08. The van der Waals surface area contributed by atoms with Crippen LogP contribution in [-0.4, -0.2) is 48.8 Å². The van der Waals surface area contributed by atoms with Gasteiger partial charge in [-0.15, -0.1) is 11.3 Å². The van der Waals surface area contributed by atoms with Gasteiger partial charge in [0.15, 0.2) is 0 Å². The average molecular weight is 419 g/mol. The minimum Gasteiger partial charge on any atom is -0.394 e. The Labute approximate surface area is 175 Å². The zero-order chi connectivity index (χ0) is 20.8. The second-order valence-electron chi connectivity index (χ2n) is 8.06. The first-order valence-electron chi connectivity index (χ1n) is 10.2. The maximum Gasteiger partial charge on any atom is 0.242 e. The standard InChI is InChI=1S/C22H30N2O4S/c1-14(2)9-18(22(27)23-12-16-7-8-28-19(16)13-25)24-21(26)11-17-10-15-5-3-4-6-20(15)29-17/h3-6,10,14,16,18-19,25H,7-9,11-13H2,1-2H3,(H,23,27)(H,24,26)/t16-,18+,19-/m1/s1. The van der Waals surface area contributed by atoms with Gasteiger partial charge in [-0.2, -0.15) is 0 Å². The summed E-state index contributed by atoms with van der Waals surface area (Å²) in [5.41, 5.74) is 0. The molecule has 2 heterocycles. The summed E-state index contributed by atoms with van der Waals surface area (Å²) < 4.78 is 6.61. The highest BCUT2D eigenvalue weighted by Gasteiger charge is 2.29. The van der Waals surface area contributed by atoms with Crippen LogP contribution in [0, 0.1) is 11.8 Å². The number of carbonyl (C=O) groups excluding carboxylic acids is 2. The van der Waals surface area contributed by atoms with E-state index in [1.807, 2.05) is 44.2 Å². The lowest BCUT2D eigenvalue weighted by atomic mass is 10.0. The number of amides is 2. The normalized spacial score (nSPS) is 20.1. The minimum atomic E-state index is -0.563. The summed E-state index contributed by atoms with van der Waals surface area (Å²) in [5, 5.41) is 16.3. The summed E-state index contributed by atoms with van der Waals surface area (Å²) in [7, 11) is 0. The molecule has 7 heteroatoms. The van der Waals surface area contributed by atoms with Gasteiger partial charge < -0.3 is 20.5 Å². The Kier molecular flexibility index (Phi) is 7.64. The Morgan fingerprint density at radius 2 is 2.10 bits per heavy atom. The Bertz CT molecular complexity index is 802. The second kappa shape index (κ2) is 10.2. The molecule has 3 atom stereocenters. The molecule has 1 aromatic carbocycles. The van der Waals surface area contributed by atoms with Crippen LogP contribution in [0.15, 0.2) is 30.3 Å². The number of carbonyl (C=O) groups is 2. The highest BCUT2D eigenvalue weighted by Crippen LogP contribution is 2.25. The van der Waals surface area contributed by atoms with Crippen molar-refractivity contribution in [2.45, 2.75) is 45.3 Å². The van der Waals surface area contributed by atoms with E-state index in [1.54, 1.807) is 11.3 Å².